The summed E-state index contributed by atoms with van der Waals surface area (Å²) in [5, 5.41) is 0.643. The normalized spacial score (nSPS) is 9.19. The molecule has 0 fully saturated rings. The molecule has 0 unspecified atom stereocenters. The van der Waals surface area contributed by atoms with Crippen LogP contribution in [0.4, 0.5) is 5.69 Å². The van der Waals surface area contributed by atoms with Gasteiger partial charge < -0.3 is 5.73 Å². The average Bonchev–Trinajstić information content (AvgIpc) is 2.34. The van der Waals surface area contributed by atoms with Crippen molar-refractivity contribution in [2.75, 3.05) is 5.73 Å². The number of hydrogen-bond acceptors (Lipinski definition) is 2. The van der Waals surface area contributed by atoms with Crippen LogP contribution in [0, 0.1) is 0 Å². The monoisotopic (exact) mass is 234 g/mol. The topological polar surface area (TPSA) is 38.9 Å². The molecule has 0 spiro atoms. The Hall–Kier alpha value is -1.54. The highest BCUT2D eigenvalue weighted by atomic mass is 35.5. The lowest BCUT2D eigenvalue weighted by atomic mass is 10.1. The zero-order chi connectivity index (χ0) is 12.0. The highest BCUT2D eigenvalue weighted by molar-refractivity contribution is 6.30. The molecule has 0 radical (unpaired) electrons. The molecule has 2 rings (SSSR count). The van der Waals surface area contributed by atoms with Crippen LogP contribution in [0.3, 0.4) is 0 Å². The van der Waals surface area contributed by atoms with Crippen LogP contribution in [0.15, 0.2) is 42.6 Å². The molecule has 2 nitrogen and oxygen atoms in total. The molecule has 0 aliphatic heterocycles. The molecule has 16 heavy (non-hydrogen) atoms. The molecule has 3 heteroatoms. The van der Waals surface area contributed by atoms with E-state index in [1.54, 1.807) is 6.20 Å². The number of nitrogens with zero attached hydrogens (tertiary/aromatic N) is 1. The second-order valence-electron chi connectivity index (χ2n) is 2.98. The number of rotatable bonds is 1. The van der Waals surface area contributed by atoms with Crippen molar-refractivity contribution in [2.45, 2.75) is 13.8 Å². The molecule has 2 N–H and O–H groups in total. The third-order valence-corrected chi connectivity index (χ3v) is 2.16. The Balaban J connectivity index is 0.000000606. The van der Waals surface area contributed by atoms with E-state index >= 15 is 0 Å². The highest BCUT2D eigenvalue weighted by Crippen LogP contribution is 2.19. The van der Waals surface area contributed by atoms with Crippen molar-refractivity contribution in [3.8, 4) is 11.3 Å². The Morgan fingerprint density at radius 3 is 2.12 bits per heavy atom. The van der Waals surface area contributed by atoms with Gasteiger partial charge in [-0.1, -0.05) is 37.6 Å². The summed E-state index contributed by atoms with van der Waals surface area (Å²) in [5.41, 5.74) is 8.28. The molecule has 0 aliphatic rings. The van der Waals surface area contributed by atoms with Gasteiger partial charge in [-0.25, -0.2) is 0 Å². The van der Waals surface area contributed by atoms with E-state index < -0.39 is 0 Å². The van der Waals surface area contributed by atoms with Crippen LogP contribution < -0.4 is 5.73 Å². The Morgan fingerprint density at radius 1 is 1.00 bits per heavy atom. The van der Waals surface area contributed by atoms with Gasteiger partial charge in [0.2, 0.25) is 0 Å². The minimum atomic E-state index is 0.643. The summed E-state index contributed by atoms with van der Waals surface area (Å²) in [5.74, 6) is 0. The summed E-state index contributed by atoms with van der Waals surface area (Å²) in [6, 6.07) is 11.3. The Bertz CT molecular complexity index is 377. The maximum Gasteiger partial charge on any atom is 0.0703 e. The number of nitrogen functional groups attached to an aromatic ring is 1. The largest absolute Gasteiger partial charge is 0.399 e. The van der Waals surface area contributed by atoms with Crippen LogP contribution in [0.5, 0.6) is 0 Å². The van der Waals surface area contributed by atoms with Crippen LogP contribution in [-0.2, 0) is 0 Å². The third-order valence-electron chi connectivity index (χ3n) is 1.93. The van der Waals surface area contributed by atoms with Gasteiger partial charge in [-0.05, 0) is 24.3 Å². The first-order valence-corrected chi connectivity index (χ1v) is 5.61. The summed E-state index contributed by atoms with van der Waals surface area (Å²) in [6.07, 6.45) is 1.63. The fourth-order valence-electron chi connectivity index (χ4n) is 1.20. The third kappa shape index (κ3) is 3.24. The second-order valence-corrected chi connectivity index (χ2v) is 3.42. The molecular formula is C13H15ClN2. The van der Waals surface area contributed by atoms with E-state index in [1.807, 2.05) is 50.2 Å². The predicted octanol–water partition coefficient (Wildman–Crippen LogP) is 4.01. The predicted molar refractivity (Wildman–Crippen MR) is 70.4 cm³/mol. The van der Waals surface area contributed by atoms with Crippen molar-refractivity contribution in [3.05, 3.63) is 47.6 Å². The quantitative estimate of drug-likeness (QED) is 0.758. The van der Waals surface area contributed by atoms with E-state index in [4.69, 9.17) is 17.3 Å². The first-order valence-electron chi connectivity index (χ1n) is 5.23. The second kappa shape index (κ2) is 6.13. The fourth-order valence-corrected chi connectivity index (χ4v) is 1.31. The molecule has 0 aliphatic carbocycles. The van der Waals surface area contributed by atoms with Crippen LogP contribution in [0.25, 0.3) is 11.3 Å². The molecule has 1 heterocycles. The molecule has 0 saturated carbocycles. The van der Waals surface area contributed by atoms with E-state index in [0.717, 1.165) is 16.9 Å². The first-order chi connectivity index (χ1) is 7.75. The van der Waals surface area contributed by atoms with E-state index in [1.165, 1.54) is 0 Å². The molecule has 1 aromatic carbocycles. The van der Waals surface area contributed by atoms with Crippen LogP contribution in [0.1, 0.15) is 13.8 Å². The van der Waals surface area contributed by atoms with E-state index in [-0.39, 0.29) is 0 Å². The number of nitrogens with two attached hydrogens (primary N) is 1. The summed E-state index contributed by atoms with van der Waals surface area (Å²) in [6.45, 7) is 4.00. The minimum Gasteiger partial charge on any atom is -0.399 e. The number of pyridine rings is 1. The van der Waals surface area contributed by atoms with Crippen molar-refractivity contribution in [2.24, 2.45) is 0 Å². The molecule has 0 amide bonds. The number of anilines is 1. The standard InChI is InChI=1S/C11H9ClN2.C2H6/c12-9-3-6-11(14-7-9)8-1-4-10(13)5-2-8;1-2/h1-7H,13H2;1-2H3. The Labute approximate surface area is 101 Å². The summed E-state index contributed by atoms with van der Waals surface area (Å²) >= 11 is 5.74. The lowest BCUT2D eigenvalue weighted by molar-refractivity contribution is 1.33. The van der Waals surface area contributed by atoms with Crippen molar-refractivity contribution in [3.63, 3.8) is 0 Å². The Morgan fingerprint density at radius 2 is 1.62 bits per heavy atom. The van der Waals surface area contributed by atoms with Gasteiger partial charge in [0.05, 0.1) is 10.7 Å². The van der Waals surface area contributed by atoms with E-state index in [9.17, 15) is 0 Å². The highest BCUT2D eigenvalue weighted by Gasteiger charge is 1.97. The van der Waals surface area contributed by atoms with Crippen molar-refractivity contribution >= 4 is 17.3 Å². The van der Waals surface area contributed by atoms with Crippen LogP contribution in [-0.4, -0.2) is 4.98 Å². The van der Waals surface area contributed by atoms with Crippen molar-refractivity contribution in [1.82, 2.24) is 4.98 Å². The fraction of sp³-hybridized carbons (Fsp3) is 0.154. The number of hydrogen-bond donors (Lipinski definition) is 1. The van der Waals surface area contributed by atoms with E-state index in [0.29, 0.717) is 5.02 Å². The maximum atomic E-state index is 5.74. The van der Waals surface area contributed by atoms with Gasteiger partial charge in [0, 0.05) is 17.4 Å². The van der Waals surface area contributed by atoms with Gasteiger partial charge in [-0.3, -0.25) is 4.98 Å². The zero-order valence-electron chi connectivity index (χ0n) is 9.44. The molecule has 0 bridgehead atoms. The van der Waals surface area contributed by atoms with Gasteiger partial charge in [-0.15, -0.1) is 0 Å². The van der Waals surface area contributed by atoms with Crippen molar-refractivity contribution < 1.29 is 0 Å². The number of halogens is 1. The maximum absolute atomic E-state index is 5.74. The minimum absolute atomic E-state index is 0.643. The van der Waals surface area contributed by atoms with Gasteiger partial charge in [0.1, 0.15) is 0 Å². The smallest absolute Gasteiger partial charge is 0.0703 e. The molecule has 0 atom stereocenters. The van der Waals surface area contributed by atoms with E-state index in [2.05, 4.69) is 4.98 Å². The molecular weight excluding hydrogens is 220 g/mol. The molecule has 2 aromatic rings. The summed E-state index contributed by atoms with van der Waals surface area (Å²) < 4.78 is 0. The van der Waals surface area contributed by atoms with Crippen LogP contribution >= 0.6 is 11.6 Å². The number of aromatic nitrogens is 1. The molecule has 84 valence electrons. The SMILES string of the molecule is CC.Nc1ccc(-c2ccc(Cl)cn2)cc1. The molecule has 0 saturated heterocycles. The van der Waals surface area contributed by atoms with Crippen molar-refractivity contribution in [1.29, 1.82) is 0 Å². The lowest BCUT2D eigenvalue weighted by Gasteiger charge is -2.00. The number of benzene rings is 1. The van der Waals surface area contributed by atoms with Gasteiger partial charge >= 0.3 is 0 Å². The van der Waals surface area contributed by atoms with Crippen LogP contribution in [0.2, 0.25) is 5.02 Å². The lowest BCUT2D eigenvalue weighted by Crippen LogP contribution is -1.85. The van der Waals surface area contributed by atoms with Gasteiger partial charge in [0.25, 0.3) is 0 Å². The Kier molecular flexibility index (Phi) is 4.80. The zero-order valence-corrected chi connectivity index (χ0v) is 10.2. The summed E-state index contributed by atoms with van der Waals surface area (Å²) in [7, 11) is 0. The molecule has 1 aromatic heterocycles. The van der Waals surface area contributed by atoms with Gasteiger partial charge in [-0.2, -0.15) is 0 Å². The average molecular weight is 235 g/mol. The first kappa shape index (κ1) is 12.5. The summed E-state index contributed by atoms with van der Waals surface area (Å²) in [4.78, 5) is 4.21. The van der Waals surface area contributed by atoms with Gasteiger partial charge in [0.15, 0.2) is 0 Å².